The summed E-state index contributed by atoms with van der Waals surface area (Å²) in [5, 5.41) is 0.441. The molecule has 0 atom stereocenters. The van der Waals surface area contributed by atoms with Gasteiger partial charge < -0.3 is 9.88 Å². The molecule has 3 rings (SSSR count). The largest absolute Gasteiger partial charge is 0.369 e. The van der Waals surface area contributed by atoms with Gasteiger partial charge in [0.1, 0.15) is 5.82 Å². The van der Waals surface area contributed by atoms with Gasteiger partial charge in [-0.15, -0.1) is 0 Å². The number of halogens is 1. The number of aromatic amines is 1. The topological polar surface area (TPSA) is 49.0 Å². The molecule has 0 saturated carbocycles. The first-order valence-electron chi connectivity index (χ1n) is 5.67. The third kappa shape index (κ3) is 1.67. The average Bonchev–Trinajstić information content (AvgIpc) is 2.82. The summed E-state index contributed by atoms with van der Waals surface area (Å²) in [7, 11) is 0. The maximum atomic E-state index is 13.9. The number of nitrogens with zero attached hydrogens (tertiary/aromatic N) is 2. The fourth-order valence-electron chi connectivity index (χ4n) is 2.28. The smallest absolute Gasteiger partial charge is 0.258 e. The highest BCUT2D eigenvalue weighted by atomic mass is 19.1. The standard InChI is InChI=1S/C12H12FN3O/c13-9-6-10-8(12(17)15-7-14-10)5-11(9)16-3-1-2-4-16/h5-7H,1-4H2,(H,14,15,17). The Morgan fingerprint density at radius 2 is 2.06 bits per heavy atom. The third-order valence-corrected chi connectivity index (χ3v) is 3.16. The second-order valence-electron chi connectivity index (χ2n) is 4.25. The van der Waals surface area contributed by atoms with E-state index >= 15 is 0 Å². The van der Waals surface area contributed by atoms with Gasteiger partial charge >= 0.3 is 0 Å². The lowest BCUT2D eigenvalue weighted by Crippen LogP contribution is -2.19. The van der Waals surface area contributed by atoms with Crippen molar-refractivity contribution in [2.24, 2.45) is 0 Å². The molecule has 1 aliphatic heterocycles. The van der Waals surface area contributed by atoms with Crippen LogP contribution in [0.15, 0.2) is 23.3 Å². The molecule has 2 heterocycles. The zero-order valence-corrected chi connectivity index (χ0v) is 9.24. The predicted octanol–water partition coefficient (Wildman–Crippen LogP) is 1.66. The van der Waals surface area contributed by atoms with Crippen molar-refractivity contribution in [3.8, 4) is 0 Å². The monoisotopic (exact) mass is 233 g/mol. The summed E-state index contributed by atoms with van der Waals surface area (Å²) in [6, 6.07) is 2.93. The molecular weight excluding hydrogens is 221 g/mol. The Kier molecular flexibility index (Phi) is 2.31. The molecule has 1 aromatic carbocycles. The van der Waals surface area contributed by atoms with Gasteiger partial charge in [-0.3, -0.25) is 4.79 Å². The zero-order chi connectivity index (χ0) is 11.8. The number of nitrogens with one attached hydrogen (secondary N) is 1. The molecule has 1 aromatic heterocycles. The Bertz CT molecular complexity index is 617. The van der Waals surface area contributed by atoms with Crippen LogP contribution in [0.25, 0.3) is 10.9 Å². The van der Waals surface area contributed by atoms with E-state index in [1.165, 1.54) is 12.4 Å². The summed E-state index contributed by atoms with van der Waals surface area (Å²) in [5.74, 6) is -0.308. The van der Waals surface area contributed by atoms with Crippen molar-refractivity contribution in [1.82, 2.24) is 9.97 Å². The summed E-state index contributed by atoms with van der Waals surface area (Å²) >= 11 is 0. The van der Waals surface area contributed by atoms with Crippen LogP contribution in [0.3, 0.4) is 0 Å². The number of benzene rings is 1. The van der Waals surface area contributed by atoms with Gasteiger partial charge in [0.25, 0.3) is 5.56 Å². The number of hydrogen-bond donors (Lipinski definition) is 1. The minimum absolute atomic E-state index is 0.226. The van der Waals surface area contributed by atoms with Crippen LogP contribution in [0.5, 0.6) is 0 Å². The molecule has 1 aliphatic rings. The molecule has 0 spiro atoms. The first-order chi connectivity index (χ1) is 8.25. The number of hydrogen-bond acceptors (Lipinski definition) is 3. The molecule has 17 heavy (non-hydrogen) atoms. The van der Waals surface area contributed by atoms with Crippen LogP contribution in [0.2, 0.25) is 0 Å². The van der Waals surface area contributed by atoms with Gasteiger partial charge in [0.05, 0.1) is 22.9 Å². The van der Waals surface area contributed by atoms with E-state index in [-0.39, 0.29) is 11.4 Å². The lowest BCUT2D eigenvalue weighted by molar-refractivity contribution is 0.624. The first-order valence-corrected chi connectivity index (χ1v) is 5.67. The highest BCUT2D eigenvalue weighted by Crippen LogP contribution is 2.26. The number of fused-ring (bicyclic) bond motifs is 1. The van der Waals surface area contributed by atoms with Crippen molar-refractivity contribution in [2.45, 2.75) is 12.8 Å². The molecule has 5 heteroatoms. The van der Waals surface area contributed by atoms with Crippen molar-refractivity contribution in [3.63, 3.8) is 0 Å². The fourth-order valence-corrected chi connectivity index (χ4v) is 2.28. The van der Waals surface area contributed by atoms with Gasteiger partial charge in [-0.25, -0.2) is 9.37 Å². The SMILES string of the molecule is O=c1[nH]cnc2cc(F)c(N3CCCC3)cc12. The Morgan fingerprint density at radius 3 is 2.82 bits per heavy atom. The van der Waals surface area contributed by atoms with E-state index in [4.69, 9.17) is 0 Å². The minimum atomic E-state index is -0.308. The molecular formula is C12H12FN3O. The second-order valence-corrected chi connectivity index (χ2v) is 4.25. The van der Waals surface area contributed by atoms with E-state index in [1.807, 2.05) is 4.90 Å². The summed E-state index contributed by atoms with van der Waals surface area (Å²) < 4.78 is 13.9. The predicted molar refractivity (Wildman–Crippen MR) is 63.8 cm³/mol. The van der Waals surface area contributed by atoms with Crippen molar-refractivity contribution < 1.29 is 4.39 Å². The fraction of sp³-hybridized carbons (Fsp3) is 0.333. The third-order valence-electron chi connectivity index (χ3n) is 3.16. The van der Waals surface area contributed by atoms with Gasteiger partial charge in [0.2, 0.25) is 0 Å². The molecule has 0 unspecified atom stereocenters. The molecule has 0 bridgehead atoms. The Labute approximate surface area is 97.1 Å². The van der Waals surface area contributed by atoms with Crippen LogP contribution in [0.1, 0.15) is 12.8 Å². The maximum absolute atomic E-state index is 13.9. The van der Waals surface area contributed by atoms with Gasteiger partial charge in [-0.1, -0.05) is 0 Å². The highest BCUT2D eigenvalue weighted by molar-refractivity contribution is 5.81. The maximum Gasteiger partial charge on any atom is 0.258 e. The van der Waals surface area contributed by atoms with Crippen LogP contribution < -0.4 is 10.5 Å². The Hall–Kier alpha value is -1.91. The van der Waals surface area contributed by atoms with Crippen LogP contribution in [-0.4, -0.2) is 23.1 Å². The number of anilines is 1. The van der Waals surface area contributed by atoms with Crippen molar-refractivity contribution in [2.75, 3.05) is 18.0 Å². The molecule has 1 fully saturated rings. The molecule has 0 radical (unpaired) electrons. The van der Waals surface area contributed by atoms with Crippen molar-refractivity contribution in [1.29, 1.82) is 0 Å². The lowest BCUT2D eigenvalue weighted by atomic mass is 10.2. The van der Waals surface area contributed by atoms with Gasteiger partial charge in [-0.05, 0) is 18.9 Å². The Balaban J connectivity index is 2.21. The highest BCUT2D eigenvalue weighted by Gasteiger charge is 2.17. The normalized spacial score (nSPS) is 15.7. The van der Waals surface area contributed by atoms with Gasteiger partial charge in [0.15, 0.2) is 0 Å². The molecule has 4 nitrogen and oxygen atoms in total. The van der Waals surface area contributed by atoms with E-state index in [0.717, 1.165) is 25.9 Å². The van der Waals surface area contributed by atoms with E-state index in [1.54, 1.807) is 6.07 Å². The minimum Gasteiger partial charge on any atom is -0.369 e. The number of H-pyrrole nitrogens is 1. The molecule has 1 saturated heterocycles. The van der Waals surface area contributed by atoms with E-state index in [2.05, 4.69) is 9.97 Å². The van der Waals surface area contributed by atoms with Crippen molar-refractivity contribution >= 4 is 16.6 Å². The summed E-state index contributed by atoms with van der Waals surface area (Å²) in [6.45, 7) is 1.70. The van der Waals surface area contributed by atoms with E-state index in [0.29, 0.717) is 16.6 Å². The van der Waals surface area contributed by atoms with Crippen LogP contribution in [0.4, 0.5) is 10.1 Å². The average molecular weight is 233 g/mol. The number of aromatic nitrogens is 2. The molecule has 1 N–H and O–H groups in total. The van der Waals surface area contributed by atoms with Crippen molar-refractivity contribution in [3.05, 3.63) is 34.6 Å². The van der Waals surface area contributed by atoms with E-state index < -0.39 is 0 Å². The summed E-state index contributed by atoms with van der Waals surface area (Å²) in [4.78, 5) is 20.1. The second kappa shape index (κ2) is 3.84. The Morgan fingerprint density at radius 1 is 1.29 bits per heavy atom. The van der Waals surface area contributed by atoms with Gasteiger partial charge in [0, 0.05) is 19.2 Å². The molecule has 88 valence electrons. The van der Waals surface area contributed by atoms with Crippen LogP contribution >= 0.6 is 0 Å². The zero-order valence-electron chi connectivity index (χ0n) is 9.24. The molecule has 2 aromatic rings. The van der Waals surface area contributed by atoms with Gasteiger partial charge in [-0.2, -0.15) is 0 Å². The molecule has 0 aliphatic carbocycles. The van der Waals surface area contributed by atoms with Crippen LogP contribution in [-0.2, 0) is 0 Å². The first kappa shape index (κ1) is 10.3. The number of rotatable bonds is 1. The summed E-state index contributed by atoms with van der Waals surface area (Å²) in [6.07, 6.45) is 3.43. The van der Waals surface area contributed by atoms with Crippen LogP contribution in [0, 0.1) is 5.82 Å². The molecule has 0 amide bonds. The van der Waals surface area contributed by atoms with E-state index in [9.17, 15) is 9.18 Å². The quantitative estimate of drug-likeness (QED) is 0.815. The summed E-state index contributed by atoms with van der Waals surface area (Å²) in [5.41, 5.74) is 0.679. The lowest BCUT2D eigenvalue weighted by Gasteiger charge is -2.18.